The van der Waals surface area contributed by atoms with Gasteiger partial charge in [-0.15, -0.1) is 0 Å². The number of aromatic nitrogens is 1. The summed E-state index contributed by atoms with van der Waals surface area (Å²) in [4.78, 5) is 15.9. The standard InChI is InChI=1S/C16H16INO3/c1-9(2)16(20)21-8-13(19)14-10(3)18-12-7-5-4-6-11(12)15(14)17/h4-7,13,19H,1,8H2,2-3H3/t13-/m1/s1. The molecule has 0 radical (unpaired) electrons. The first kappa shape index (κ1) is 15.9. The van der Waals surface area contributed by atoms with Gasteiger partial charge in [-0.25, -0.2) is 4.79 Å². The molecule has 5 heteroatoms. The van der Waals surface area contributed by atoms with Gasteiger partial charge in [-0.1, -0.05) is 24.8 Å². The molecule has 1 heterocycles. The van der Waals surface area contributed by atoms with Crippen LogP contribution in [0.5, 0.6) is 0 Å². The summed E-state index contributed by atoms with van der Waals surface area (Å²) in [6.45, 7) is 6.81. The van der Waals surface area contributed by atoms with Crippen molar-refractivity contribution in [2.75, 3.05) is 6.61 Å². The van der Waals surface area contributed by atoms with Crippen LogP contribution in [-0.2, 0) is 9.53 Å². The van der Waals surface area contributed by atoms with Crippen molar-refractivity contribution < 1.29 is 14.6 Å². The lowest BCUT2D eigenvalue weighted by molar-refractivity contribution is -0.142. The lowest BCUT2D eigenvalue weighted by Gasteiger charge is -2.17. The van der Waals surface area contributed by atoms with E-state index in [-0.39, 0.29) is 6.61 Å². The van der Waals surface area contributed by atoms with Crippen molar-refractivity contribution in [3.8, 4) is 0 Å². The molecule has 0 saturated carbocycles. The number of fused-ring (bicyclic) bond motifs is 1. The predicted molar refractivity (Wildman–Crippen MR) is 89.9 cm³/mol. The van der Waals surface area contributed by atoms with Crippen LogP contribution in [0.15, 0.2) is 36.4 Å². The first-order chi connectivity index (χ1) is 9.91. The van der Waals surface area contributed by atoms with E-state index >= 15 is 0 Å². The molecule has 1 aromatic carbocycles. The number of carbonyl (C=O) groups is 1. The van der Waals surface area contributed by atoms with Gasteiger partial charge >= 0.3 is 5.97 Å². The highest BCUT2D eigenvalue weighted by Gasteiger charge is 2.19. The van der Waals surface area contributed by atoms with Crippen LogP contribution in [0.3, 0.4) is 0 Å². The molecule has 0 fully saturated rings. The third-order valence-corrected chi connectivity index (χ3v) is 4.27. The zero-order chi connectivity index (χ0) is 15.6. The average molecular weight is 397 g/mol. The highest BCUT2D eigenvalue weighted by Crippen LogP contribution is 2.29. The maximum absolute atomic E-state index is 11.4. The summed E-state index contributed by atoms with van der Waals surface area (Å²) in [6, 6.07) is 7.75. The van der Waals surface area contributed by atoms with Gasteiger partial charge in [0.2, 0.25) is 0 Å². The topological polar surface area (TPSA) is 59.4 Å². The normalized spacial score (nSPS) is 12.2. The third kappa shape index (κ3) is 3.41. The summed E-state index contributed by atoms with van der Waals surface area (Å²) in [6.07, 6.45) is -0.905. The van der Waals surface area contributed by atoms with Crippen LogP contribution in [-0.4, -0.2) is 22.7 Å². The molecule has 0 aliphatic carbocycles. The Labute approximate surface area is 137 Å². The number of benzene rings is 1. The Morgan fingerprint density at radius 3 is 2.81 bits per heavy atom. The number of carbonyl (C=O) groups excluding carboxylic acids is 1. The highest BCUT2D eigenvalue weighted by atomic mass is 127. The maximum Gasteiger partial charge on any atom is 0.333 e. The fourth-order valence-electron chi connectivity index (χ4n) is 2.05. The Kier molecular flexibility index (Phi) is 4.95. The Bertz CT molecular complexity index is 712. The van der Waals surface area contributed by atoms with Crippen molar-refractivity contribution in [3.63, 3.8) is 0 Å². The summed E-state index contributed by atoms with van der Waals surface area (Å²) in [7, 11) is 0. The Balaban J connectivity index is 2.32. The van der Waals surface area contributed by atoms with E-state index in [2.05, 4.69) is 34.2 Å². The molecule has 0 aliphatic rings. The minimum Gasteiger partial charge on any atom is -0.459 e. The molecule has 0 bridgehead atoms. The minimum atomic E-state index is -0.905. The Morgan fingerprint density at radius 1 is 1.48 bits per heavy atom. The maximum atomic E-state index is 11.4. The molecule has 1 atom stereocenters. The molecular formula is C16H16INO3. The molecule has 2 aromatic rings. The smallest absolute Gasteiger partial charge is 0.333 e. The van der Waals surface area contributed by atoms with E-state index < -0.39 is 12.1 Å². The van der Waals surface area contributed by atoms with Crippen LogP contribution < -0.4 is 0 Å². The van der Waals surface area contributed by atoms with Gasteiger partial charge in [-0.2, -0.15) is 0 Å². The molecule has 21 heavy (non-hydrogen) atoms. The van der Waals surface area contributed by atoms with E-state index in [0.29, 0.717) is 11.1 Å². The molecular weight excluding hydrogens is 381 g/mol. The van der Waals surface area contributed by atoms with Gasteiger partial charge in [-0.05, 0) is 42.5 Å². The molecule has 4 nitrogen and oxygen atoms in total. The molecule has 0 aliphatic heterocycles. The summed E-state index contributed by atoms with van der Waals surface area (Å²) in [5.74, 6) is -0.504. The van der Waals surface area contributed by atoms with E-state index in [1.54, 1.807) is 6.92 Å². The van der Waals surface area contributed by atoms with Gasteiger partial charge in [0.25, 0.3) is 0 Å². The summed E-state index contributed by atoms with van der Waals surface area (Å²) in [5.41, 5.74) is 2.63. The molecule has 0 spiro atoms. The fraction of sp³-hybridized carbons (Fsp3) is 0.250. The number of esters is 1. The lowest BCUT2D eigenvalue weighted by Crippen LogP contribution is -2.15. The van der Waals surface area contributed by atoms with Gasteiger partial charge in [-0.3, -0.25) is 4.98 Å². The Hall–Kier alpha value is -1.47. The van der Waals surface area contributed by atoms with E-state index in [0.717, 1.165) is 20.2 Å². The zero-order valence-corrected chi connectivity index (χ0v) is 14.0. The number of halogens is 1. The van der Waals surface area contributed by atoms with Gasteiger partial charge in [0.05, 0.1) is 5.52 Å². The number of para-hydroxylation sites is 1. The van der Waals surface area contributed by atoms with Crippen LogP contribution in [0.2, 0.25) is 0 Å². The second-order valence-electron chi connectivity index (χ2n) is 4.84. The van der Waals surface area contributed by atoms with Gasteiger partial charge in [0.1, 0.15) is 12.7 Å². The third-order valence-electron chi connectivity index (χ3n) is 3.11. The van der Waals surface area contributed by atoms with Crippen LogP contribution in [0, 0.1) is 10.5 Å². The first-order valence-corrected chi connectivity index (χ1v) is 7.55. The number of aliphatic hydroxyl groups is 1. The van der Waals surface area contributed by atoms with E-state index in [4.69, 9.17) is 4.74 Å². The number of ether oxygens (including phenoxy) is 1. The summed E-state index contributed by atoms with van der Waals surface area (Å²) in [5, 5.41) is 11.3. The zero-order valence-electron chi connectivity index (χ0n) is 11.9. The fourth-order valence-corrected chi connectivity index (χ4v) is 3.26. The molecule has 2 rings (SSSR count). The van der Waals surface area contributed by atoms with E-state index in [1.165, 1.54) is 0 Å². The number of nitrogens with zero attached hydrogens (tertiary/aromatic N) is 1. The summed E-state index contributed by atoms with van der Waals surface area (Å²) < 4.78 is 5.95. The molecule has 1 aromatic heterocycles. The lowest BCUT2D eigenvalue weighted by atomic mass is 10.1. The quantitative estimate of drug-likeness (QED) is 0.489. The van der Waals surface area contributed by atoms with Gasteiger partial charge in [0, 0.05) is 25.8 Å². The van der Waals surface area contributed by atoms with Crippen LogP contribution in [0.1, 0.15) is 24.3 Å². The number of pyridine rings is 1. The van der Waals surface area contributed by atoms with Crippen LogP contribution in [0.4, 0.5) is 0 Å². The van der Waals surface area contributed by atoms with Gasteiger partial charge in [0.15, 0.2) is 0 Å². The van der Waals surface area contributed by atoms with Crippen molar-refractivity contribution >= 4 is 39.5 Å². The van der Waals surface area contributed by atoms with Crippen molar-refractivity contribution in [2.45, 2.75) is 20.0 Å². The van der Waals surface area contributed by atoms with Crippen LogP contribution >= 0.6 is 22.6 Å². The number of rotatable bonds is 4. The predicted octanol–water partition coefficient (Wildman–Crippen LogP) is 3.30. The largest absolute Gasteiger partial charge is 0.459 e. The molecule has 0 amide bonds. The van der Waals surface area contributed by atoms with Crippen molar-refractivity contribution in [3.05, 3.63) is 51.2 Å². The summed E-state index contributed by atoms with van der Waals surface area (Å²) >= 11 is 2.19. The number of aryl methyl sites for hydroxylation is 1. The number of aliphatic hydroxyl groups excluding tert-OH is 1. The first-order valence-electron chi connectivity index (χ1n) is 6.47. The molecule has 110 valence electrons. The van der Waals surface area contributed by atoms with Crippen molar-refractivity contribution in [2.24, 2.45) is 0 Å². The van der Waals surface area contributed by atoms with Crippen molar-refractivity contribution in [1.29, 1.82) is 0 Å². The minimum absolute atomic E-state index is 0.109. The molecule has 1 N–H and O–H groups in total. The Morgan fingerprint density at radius 2 is 2.14 bits per heavy atom. The highest BCUT2D eigenvalue weighted by molar-refractivity contribution is 14.1. The van der Waals surface area contributed by atoms with Crippen LogP contribution in [0.25, 0.3) is 10.9 Å². The molecule has 0 unspecified atom stereocenters. The monoisotopic (exact) mass is 397 g/mol. The average Bonchev–Trinajstić information content (AvgIpc) is 2.44. The van der Waals surface area contributed by atoms with Crippen molar-refractivity contribution in [1.82, 2.24) is 4.98 Å². The molecule has 0 saturated heterocycles. The number of hydrogen-bond donors (Lipinski definition) is 1. The van der Waals surface area contributed by atoms with Gasteiger partial charge < -0.3 is 9.84 Å². The van der Waals surface area contributed by atoms with E-state index in [1.807, 2.05) is 31.2 Å². The number of hydrogen-bond acceptors (Lipinski definition) is 4. The van der Waals surface area contributed by atoms with E-state index in [9.17, 15) is 9.90 Å². The second-order valence-corrected chi connectivity index (χ2v) is 5.92. The SMILES string of the molecule is C=C(C)C(=O)OC[C@@H](O)c1c(C)nc2ccccc2c1I. The second kappa shape index (κ2) is 6.53.